The molecule has 1 aliphatic heterocycles. The summed E-state index contributed by atoms with van der Waals surface area (Å²) in [6.07, 6.45) is 0.987. The number of fused-ring (bicyclic) bond motifs is 1. The molecule has 0 fully saturated rings. The van der Waals surface area contributed by atoms with Crippen LogP contribution in [0, 0.1) is 5.92 Å². The van der Waals surface area contributed by atoms with E-state index in [0.717, 1.165) is 24.5 Å². The van der Waals surface area contributed by atoms with Gasteiger partial charge in [0.25, 0.3) is 0 Å². The third-order valence-corrected chi connectivity index (χ3v) is 3.53. The van der Waals surface area contributed by atoms with Crippen molar-refractivity contribution in [1.29, 1.82) is 0 Å². The molecule has 0 aliphatic carbocycles. The minimum Gasteiger partial charge on any atom is -0.494 e. The Bertz CT molecular complexity index is 454. The summed E-state index contributed by atoms with van der Waals surface area (Å²) >= 11 is 0. The highest BCUT2D eigenvalue weighted by molar-refractivity contribution is 5.44. The maximum absolute atomic E-state index is 6.12. The van der Waals surface area contributed by atoms with E-state index in [0.29, 0.717) is 18.6 Å². The van der Waals surface area contributed by atoms with Crippen molar-refractivity contribution in [3.8, 4) is 11.5 Å². The maximum atomic E-state index is 6.12. The van der Waals surface area contributed by atoms with Crippen LogP contribution in [0.2, 0.25) is 0 Å². The summed E-state index contributed by atoms with van der Waals surface area (Å²) in [6.45, 7) is 12.5. The molecule has 0 spiro atoms. The van der Waals surface area contributed by atoms with E-state index in [2.05, 4.69) is 39.1 Å². The van der Waals surface area contributed by atoms with E-state index in [1.165, 1.54) is 5.56 Å². The third-order valence-electron chi connectivity index (χ3n) is 3.53. The summed E-state index contributed by atoms with van der Waals surface area (Å²) in [7, 11) is 0. The fourth-order valence-corrected chi connectivity index (χ4v) is 2.65. The smallest absolute Gasteiger partial charge is 0.128 e. The van der Waals surface area contributed by atoms with Gasteiger partial charge < -0.3 is 14.8 Å². The number of nitrogens with one attached hydrogen (secondary N) is 1. The van der Waals surface area contributed by atoms with E-state index in [4.69, 9.17) is 9.47 Å². The van der Waals surface area contributed by atoms with Crippen molar-refractivity contribution < 1.29 is 9.47 Å². The highest BCUT2D eigenvalue weighted by Gasteiger charge is 2.33. The molecule has 1 aromatic carbocycles. The zero-order chi connectivity index (χ0) is 14.8. The van der Waals surface area contributed by atoms with Gasteiger partial charge in [0, 0.05) is 24.1 Å². The quantitative estimate of drug-likeness (QED) is 0.884. The Morgan fingerprint density at radius 3 is 2.80 bits per heavy atom. The van der Waals surface area contributed by atoms with E-state index in [-0.39, 0.29) is 5.60 Å². The van der Waals surface area contributed by atoms with Gasteiger partial charge in [0.1, 0.15) is 17.1 Å². The molecule has 0 saturated carbocycles. The second-order valence-electron chi connectivity index (χ2n) is 6.55. The topological polar surface area (TPSA) is 30.5 Å². The average molecular weight is 277 g/mol. The summed E-state index contributed by atoms with van der Waals surface area (Å²) in [4.78, 5) is 0. The molecule has 3 heteroatoms. The summed E-state index contributed by atoms with van der Waals surface area (Å²) < 4.78 is 11.7. The fraction of sp³-hybridized carbons (Fsp3) is 0.647. The van der Waals surface area contributed by atoms with Gasteiger partial charge in [-0.05, 0) is 39.3 Å². The zero-order valence-corrected chi connectivity index (χ0v) is 13.3. The van der Waals surface area contributed by atoms with Gasteiger partial charge in [-0.3, -0.25) is 0 Å². The summed E-state index contributed by atoms with van der Waals surface area (Å²) in [5.74, 6) is 2.48. The second-order valence-corrected chi connectivity index (χ2v) is 6.55. The summed E-state index contributed by atoms with van der Waals surface area (Å²) in [5, 5.41) is 3.66. The Morgan fingerprint density at radius 2 is 2.15 bits per heavy atom. The Labute approximate surface area is 122 Å². The number of rotatable bonds is 5. The van der Waals surface area contributed by atoms with Gasteiger partial charge in [-0.2, -0.15) is 0 Å². The molecule has 0 radical (unpaired) electrons. The van der Waals surface area contributed by atoms with Crippen LogP contribution >= 0.6 is 0 Å². The van der Waals surface area contributed by atoms with Crippen LogP contribution in [0.4, 0.5) is 0 Å². The molecule has 0 bridgehead atoms. The SMILES string of the molecule is CCOc1ccc2c(c1)OC(C)(C)CC2NCC(C)C. The molecule has 1 aromatic rings. The molecule has 20 heavy (non-hydrogen) atoms. The van der Waals surface area contributed by atoms with Crippen molar-refractivity contribution >= 4 is 0 Å². The van der Waals surface area contributed by atoms with Crippen molar-refractivity contribution in [3.05, 3.63) is 23.8 Å². The van der Waals surface area contributed by atoms with Gasteiger partial charge in [0.15, 0.2) is 0 Å². The lowest BCUT2D eigenvalue weighted by Gasteiger charge is -2.38. The van der Waals surface area contributed by atoms with Crippen LogP contribution in [0.3, 0.4) is 0 Å². The van der Waals surface area contributed by atoms with Gasteiger partial charge in [0.2, 0.25) is 0 Å². The van der Waals surface area contributed by atoms with Crippen LogP contribution in [0.5, 0.6) is 11.5 Å². The van der Waals surface area contributed by atoms with E-state index < -0.39 is 0 Å². The van der Waals surface area contributed by atoms with Crippen molar-refractivity contribution in [1.82, 2.24) is 5.32 Å². The molecule has 1 heterocycles. The normalized spacial score (nSPS) is 20.4. The molecule has 3 nitrogen and oxygen atoms in total. The highest BCUT2D eigenvalue weighted by atomic mass is 16.5. The molecule has 0 amide bonds. The largest absolute Gasteiger partial charge is 0.494 e. The maximum Gasteiger partial charge on any atom is 0.128 e. The van der Waals surface area contributed by atoms with Crippen LogP contribution < -0.4 is 14.8 Å². The van der Waals surface area contributed by atoms with Gasteiger partial charge in [0.05, 0.1) is 6.61 Å². The molecule has 0 aromatic heterocycles. The van der Waals surface area contributed by atoms with Crippen molar-refractivity contribution in [2.75, 3.05) is 13.2 Å². The van der Waals surface area contributed by atoms with E-state index >= 15 is 0 Å². The fourth-order valence-electron chi connectivity index (χ4n) is 2.65. The molecule has 1 N–H and O–H groups in total. The lowest BCUT2D eigenvalue weighted by molar-refractivity contribution is 0.0651. The van der Waals surface area contributed by atoms with E-state index in [9.17, 15) is 0 Å². The van der Waals surface area contributed by atoms with Crippen molar-refractivity contribution in [2.45, 2.75) is 52.7 Å². The van der Waals surface area contributed by atoms with Gasteiger partial charge in [-0.1, -0.05) is 19.9 Å². The predicted molar refractivity (Wildman–Crippen MR) is 82.5 cm³/mol. The Hall–Kier alpha value is -1.22. The van der Waals surface area contributed by atoms with Crippen LogP contribution in [0.15, 0.2) is 18.2 Å². The molecule has 0 saturated heterocycles. The summed E-state index contributed by atoms with van der Waals surface area (Å²) in [6, 6.07) is 6.54. The monoisotopic (exact) mass is 277 g/mol. The third kappa shape index (κ3) is 3.66. The van der Waals surface area contributed by atoms with Crippen LogP contribution in [-0.4, -0.2) is 18.8 Å². The zero-order valence-electron chi connectivity index (χ0n) is 13.3. The molecular weight excluding hydrogens is 250 g/mol. The first-order valence-corrected chi connectivity index (χ1v) is 7.60. The van der Waals surface area contributed by atoms with Crippen LogP contribution in [0.1, 0.15) is 52.6 Å². The molecule has 2 rings (SSSR count). The molecule has 1 aliphatic rings. The highest BCUT2D eigenvalue weighted by Crippen LogP contribution is 2.41. The molecular formula is C17H27NO2. The van der Waals surface area contributed by atoms with Crippen molar-refractivity contribution in [3.63, 3.8) is 0 Å². The number of hydrogen-bond donors (Lipinski definition) is 1. The molecule has 112 valence electrons. The van der Waals surface area contributed by atoms with E-state index in [1.807, 2.05) is 19.1 Å². The first-order valence-electron chi connectivity index (χ1n) is 7.60. The van der Waals surface area contributed by atoms with E-state index in [1.54, 1.807) is 0 Å². The first kappa shape index (κ1) is 15.2. The molecule has 1 unspecified atom stereocenters. The first-order chi connectivity index (χ1) is 9.41. The lowest BCUT2D eigenvalue weighted by atomic mass is 9.89. The predicted octanol–water partition coefficient (Wildman–Crippen LogP) is 3.93. The van der Waals surface area contributed by atoms with Crippen LogP contribution in [0.25, 0.3) is 0 Å². The minimum absolute atomic E-state index is 0.146. The summed E-state index contributed by atoms with van der Waals surface area (Å²) in [5.41, 5.74) is 1.10. The molecule has 1 atom stereocenters. The Morgan fingerprint density at radius 1 is 1.40 bits per heavy atom. The van der Waals surface area contributed by atoms with Gasteiger partial charge in [-0.25, -0.2) is 0 Å². The number of benzene rings is 1. The number of hydrogen-bond acceptors (Lipinski definition) is 3. The second kappa shape index (κ2) is 6.04. The van der Waals surface area contributed by atoms with Crippen LogP contribution in [-0.2, 0) is 0 Å². The Kier molecular flexibility index (Phi) is 4.59. The van der Waals surface area contributed by atoms with Gasteiger partial charge in [-0.15, -0.1) is 0 Å². The minimum atomic E-state index is -0.146. The lowest BCUT2D eigenvalue weighted by Crippen LogP contribution is -2.40. The average Bonchev–Trinajstić information content (AvgIpc) is 2.34. The Balaban J connectivity index is 2.24. The van der Waals surface area contributed by atoms with Gasteiger partial charge >= 0.3 is 0 Å². The standard InChI is InChI=1S/C17H27NO2/c1-6-19-13-7-8-14-15(18-11-12(2)3)10-17(4,5)20-16(14)9-13/h7-9,12,15,18H,6,10-11H2,1-5H3. The number of ether oxygens (including phenoxy) is 2. The van der Waals surface area contributed by atoms with Crippen molar-refractivity contribution in [2.24, 2.45) is 5.92 Å².